The summed E-state index contributed by atoms with van der Waals surface area (Å²) in [6.45, 7) is 5.93. The van der Waals surface area contributed by atoms with E-state index >= 15 is 0 Å². The predicted molar refractivity (Wildman–Crippen MR) is 64.1 cm³/mol. The summed E-state index contributed by atoms with van der Waals surface area (Å²) in [6, 6.07) is 0.389. The van der Waals surface area contributed by atoms with Crippen LogP contribution in [0.25, 0.3) is 0 Å². The minimum atomic E-state index is -0.895. The molecule has 0 radical (unpaired) electrons. The molecule has 1 N–H and O–H groups in total. The summed E-state index contributed by atoms with van der Waals surface area (Å²) in [4.78, 5) is 12.8. The second kappa shape index (κ2) is 6.93. The van der Waals surface area contributed by atoms with Crippen molar-refractivity contribution < 1.29 is 19.4 Å². The minimum Gasteiger partial charge on any atom is -0.480 e. The first-order valence-corrected chi connectivity index (χ1v) is 6.14. The third-order valence-electron chi connectivity index (χ3n) is 3.55. The highest BCUT2D eigenvalue weighted by Crippen LogP contribution is 2.18. The maximum absolute atomic E-state index is 10.4. The van der Waals surface area contributed by atoms with E-state index in [1.807, 2.05) is 0 Å². The maximum atomic E-state index is 10.4. The second-order valence-electron chi connectivity index (χ2n) is 4.62. The molecule has 1 fully saturated rings. The van der Waals surface area contributed by atoms with Crippen molar-refractivity contribution in [1.82, 2.24) is 4.90 Å². The zero-order valence-electron chi connectivity index (χ0n) is 10.9. The summed E-state index contributed by atoms with van der Waals surface area (Å²) in [5.41, 5.74) is 0. The molecule has 100 valence electrons. The molecule has 0 aromatic rings. The van der Waals surface area contributed by atoms with Gasteiger partial charge in [0.05, 0.1) is 12.2 Å². The van der Waals surface area contributed by atoms with E-state index in [0.29, 0.717) is 6.04 Å². The van der Waals surface area contributed by atoms with Crippen LogP contribution in [0.3, 0.4) is 0 Å². The lowest BCUT2D eigenvalue weighted by atomic mass is 10.0. The van der Waals surface area contributed by atoms with Gasteiger partial charge >= 0.3 is 5.97 Å². The molecule has 0 aliphatic carbocycles. The third-order valence-corrected chi connectivity index (χ3v) is 3.55. The van der Waals surface area contributed by atoms with E-state index in [-0.39, 0.29) is 18.8 Å². The zero-order valence-corrected chi connectivity index (χ0v) is 10.9. The molecule has 2 atom stereocenters. The summed E-state index contributed by atoms with van der Waals surface area (Å²) < 4.78 is 10.6. The molecule has 5 nitrogen and oxygen atoms in total. The van der Waals surface area contributed by atoms with Crippen molar-refractivity contribution in [3.8, 4) is 0 Å². The topological polar surface area (TPSA) is 59.0 Å². The van der Waals surface area contributed by atoms with Gasteiger partial charge in [-0.15, -0.1) is 0 Å². The van der Waals surface area contributed by atoms with Gasteiger partial charge in [0.1, 0.15) is 6.61 Å². The first kappa shape index (κ1) is 14.4. The highest BCUT2D eigenvalue weighted by molar-refractivity contribution is 5.68. The van der Waals surface area contributed by atoms with Crippen LogP contribution in [0.5, 0.6) is 0 Å². The van der Waals surface area contributed by atoms with E-state index in [4.69, 9.17) is 14.6 Å². The fourth-order valence-corrected chi connectivity index (χ4v) is 2.13. The molecule has 0 spiro atoms. The Hall–Kier alpha value is -0.650. The molecule has 1 rings (SSSR count). The number of nitrogens with zero attached hydrogens (tertiary/aromatic N) is 1. The third kappa shape index (κ3) is 4.61. The lowest BCUT2D eigenvalue weighted by Crippen LogP contribution is -2.47. The predicted octanol–water partition coefficient (Wildman–Crippen LogP) is 0.975. The second-order valence-corrected chi connectivity index (χ2v) is 4.62. The largest absolute Gasteiger partial charge is 0.480 e. The number of hydrogen-bond acceptors (Lipinski definition) is 4. The Bertz CT molecular complexity index is 239. The van der Waals surface area contributed by atoms with Gasteiger partial charge in [0.15, 0.2) is 0 Å². The molecule has 17 heavy (non-hydrogen) atoms. The zero-order chi connectivity index (χ0) is 12.8. The van der Waals surface area contributed by atoms with Gasteiger partial charge in [0.2, 0.25) is 0 Å². The van der Waals surface area contributed by atoms with Crippen LogP contribution in [0.1, 0.15) is 26.7 Å². The van der Waals surface area contributed by atoms with Gasteiger partial charge in [-0.3, -0.25) is 4.90 Å². The molecule has 0 amide bonds. The first-order valence-electron chi connectivity index (χ1n) is 6.14. The highest BCUT2D eigenvalue weighted by atomic mass is 16.5. The lowest BCUT2D eigenvalue weighted by molar-refractivity contribution is -0.145. The number of aliphatic carboxylic acids is 1. The van der Waals surface area contributed by atoms with Gasteiger partial charge in [-0.25, -0.2) is 4.79 Å². The molecule has 1 saturated heterocycles. The van der Waals surface area contributed by atoms with Crippen molar-refractivity contribution in [1.29, 1.82) is 0 Å². The van der Waals surface area contributed by atoms with Gasteiger partial charge in [0, 0.05) is 26.2 Å². The summed E-state index contributed by atoms with van der Waals surface area (Å²) in [5.74, 6) is -0.895. The van der Waals surface area contributed by atoms with Crippen molar-refractivity contribution in [2.24, 2.45) is 0 Å². The Morgan fingerprint density at radius 2 is 2.00 bits per heavy atom. The van der Waals surface area contributed by atoms with Crippen LogP contribution in [0.2, 0.25) is 0 Å². The number of carboxylic acids is 1. The summed E-state index contributed by atoms with van der Waals surface area (Å²) in [7, 11) is 1.73. The van der Waals surface area contributed by atoms with Crippen LogP contribution in [-0.2, 0) is 14.3 Å². The molecular formula is C12H23NO4. The molecule has 1 heterocycles. The Balaban J connectivity index is 2.27. The van der Waals surface area contributed by atoms with Crippen LogP contribution in [-0.4, -0.2) is 61.0 Å². The van der Waals surface area contributed by atoms with Crippen molar-refractivity contribution in [2.45, 2.75) is 44.9 Å². The van der Waals surface area contributed by atoms with Gasteiger partial charge in [-0.1, -0.05) is 0 Å². The average Bonchev–Trinajstić information content (AvgIpc) is 2.35. The van der Waals surface area contributed by atoms with Crippen molar-refractivity contribution in [2.75, 3.05) is 26.8 Å². The van der Waals surface area contributed by atoms with Crippen molar-refractivity contribution in [3.05, 3.63) is 0 Å². The van der Waals surface area contributed by atoms with E-state index in [0.717, 1.165) is 25.9 Å². The number of piperidine rings is 1. The van der Waals surface area contributed by atoms with E-state index < -0.39 is 5.97 Å². The number of likely N-dealkylation sites (tertiary alicyclic amines) is 1. The standard InChI is InChI=1S/C12H23NO4/c1-9(10(2)16-3)13-6-4-11(5-7-13)17-8-12(14)15/h9-11H,4-8H2,1-3H3,(H,14,15). The van der Waals surface area contributed by atoms with Gasteiger partial charge in [-0.05, 0) is 26.7 Å². The van der Waals surface area contributed by atoms with Crippen molar-refractivity contribution in [3.63, 3.8) is 0 Å². The van der Waals surface area contributed by atoms with Gasteiger partial charge < -0.3 is 14.6 Å². The fraction of sp³-hybridized carbons (Fsp3) is 0.917. The summed E-state index contributed by atoms with van der Waals surface area (Å²) in [5, 5.41) is 8.54. The quantitative estimate of drug-likeness (QED) is 0.755. The molecule has 1 aliphatic heterocycles. The van der Waals surface area contributed by atoms with Gasteiger partial charge in [0.25, 0.3) is 0 Å². The average molecular weight is 245 g/mol. The van der Waals surface area contributed by atoms with Crippen molar-refractivity contribution >= 4 is 5.97 Å². The van der Waals surface area contributed by atoms with E-state index in [1.165, 1.54) is 0 Å². The molecule has 2 unspecified atom stereocenters. The maximum Gasteiger partial charge on any atom is 0.329 e. The lowest BCUT2D eigenvalue weighted by Gasteiger charge is -2.37. The van der Waals surface area contributed by atoms with Crippen LogP contribution in [0.4, 0.5) is 0 Å². The monoisotopic (exact) mass is 245 g/mol. The summed E-state index contributed by atoms with van der Waals surface area (Å²) >= 11 is 0. The molecule has 5 heteroatoms. The molecule has 0 saturated carbocycles. The number of ether oxygens (including phenoxy) is 2. The molecular weight excluding hydrogens is 222 g/mol. The molecule has 0 aromatic carbocycles. The molecule has 0 bridgehead atoms. The normalized spacial score (nSPS) is 22.3. The summed E-state index contributed by atoms with van der Waals surface area (Å²) in [6.07, 6.45) is 2.10. The SMILES string of the molecule is COC(C)C(C)N1CCC(OCC(=O)O)CC1. The highest BCUT2D eigenvalue weighted by Gasteiger charge is 2.26. The van der Waals surface area contributed by atoms with Crippen LogP contribution >= 0.6 is 0 Å². The van der Waals surface area contributed by atoms with Crippen LogP contribution in [0.15, 0.2) is 0 Å². The minimum absolute atomic E-state index is 0.0902. The fourth-order valence-electron chi connectivity index (χ4n) is 2.13. The molecule has 1 aliphatic rings. The number of carboxylic acid groups (broad SMARTS) is 1. The Labute approximate surface area is 103 Å². The first-order chi connectivity index (χ1) is 8.04. The number of carbonyl (C=O) groups is 1. The van der Waals surface area contributed by atoms with E-state index in [9.17, 15) is 4.79 Å². The number of methoxy groups -OCH3 is 1. The van der Waals surface area contributed by atoms with Crippen LogP contribution < -0.4 is 0 Å². The van der Waals surface area contributed by atoms with Crippen LogP contribution in [0, 0.1) is 0 Å². The Morgan fingerprint density at radius 1 is 1.41 bits per heavy atom. The number of rotatable bonds is 6. The van der Waals surface area contributed by atoms with E-state index in [2.05, 4.69) is 18.7 Å². The van der Waals surface area contributed by atoms with E-state index in [1.54, 1.807) is 7.11 Å². The van der Waals surface area contributed by atoms with Gasteiger partial charge in [-0.2, -0.15) is 0 Å². The Kier molecular flexibility index (Phi) is 5.88. The Morgan fingerprint density at radius 3 is 2.47 bits per heavy atom. The molecule has 0 aromatic heterocycles. The number of hydrogen-bond donors (Lipinski definition) is 1. The smallest absolute Gasteiger partial charge is 0.329 e.